The molecule has 0 aromatic heterocycles. The Kier molecular flexibility index (Phi) is 4.03. The van der Waals surface area contributed by atoms with Crippen molar-refractivity contribution in [1.82, 2.24) is 5.06 Å². The van der Waals surface area contributed by atoms with Crippen LogP contribution in [0.15, 0.2) is 0 Å². The zero-order valence-corrected chi connectivity index (χ0v) is 9.48. The van der Waals surface area contributed by atoms with Gasteiger partial charge < -0.3 is 1.43 Å². The number of carbonyl (C=O) groups is 2. The third-order valence-electron chi connectivity index (χ3n) is 1.44. The summed E-state index contributed by atoms with van der Waals surface area (Å²) in [5.41, 5.74) is 0. The molecule has 13 heavy (non-hydrogen) atoms. The molecule has 1 heterocycles. The smallest absolute Gasteiger partial charge is 1.00 e. The van der Waals surface area contributed by atoms with Crippen molar-refractivity contribution in [1.29, 1.82) is 0 Å². The fourth-order valence-corrected chi connectivity index (χ4v) is 1.53. The predicted molar refractivity (Wildman–Crippen MR) is 34.7 cm³/mol. The van der Waals surface area contributed by atoms with Gasteiger partial charge in [-0.25, -0.2) is 0 Å². The van der Waals surface area contributed by atoms with Gasteiger partial charge in [-0.05, 0) is 0 Å². The Morgan fingerprint density at radius 2 is 1.92 bits per heavy atom. The van der Waals surface area contributed by atoms with Crippen LogP contribution < -0.4 is 29.6 Å². The van der Waals surface area contributed by atoms with Gasteiger partial charge in [-0.15, -0.1) is 0 Å². The van der Waals surface area contributed by atoms with E-state index >= 15 is 0 Å². The molecule has 1 saturated heterocycles. The zero-order chi connectivity index (χ0) is 9.52. The molecule has 1 unspecified atom stereocenters. The second-order valence-electron chi connectivity index (χ2n) is 2.25. The fraction of sp³-hybridized carbons (Fsp3) is 0.500. The number of hydrogen-bond donors (Lipinski definition) is 2. The van der Waals surface area contributed by atoms with E-state index in [1.807, 2.05) is 0 Å². The second kappa shape index (κ2) is 4.03. The minimum atomic E-state index is -4.59. The van der Waals surface area contributed by atoms with E-state index in [2.05, 4.69) is 0 Å². The molecule has 1 aliphatic rings. The molecule has 0 radical (unpaired) electrons. The van der Waals surface area contributed by atoms with Gasteiger partial charge in [0.05, 0.1) is 6.42 Å². The molecule has 0 bridgehead atoms. The van der Waals surface area contributed by atoms with Crippen molar-refractivity contribution in [3.63, 3.8) is 0 Å². The summed E-state index contributed by atoms with van der Waals surface area (Å²) in [6, 6.07) is 0. The first-order valence-corrected chi connectivity index (χ1v) is 4.36. The first-order chi connectivity index (χ1) is 5.34. The summed E-state index contributed by atoms with van der Waals surface area (Å²) >= 11 is 0. The standard InChI is InChI=1S/C4H5NO6S.Na.H/c6-3-1-2(12(9,10)11)4(7)5(3)8;;/h2,8H,1H2,(H,9,10,11);;/q;+1;-1. The van der Waals surface area contributed by atoms with Crippen molar-refractivity contribution in [2.24, 2.45) is 0 Å². The van der Waals surface area contributed by atoms with Crippen LogP contribution in [0.1, 0.15) is 7.85 Å². The summed E-state index contributed by atoms with van der Waals surface area (Å²) in [5.74, 6) is -2.36. The van der Waals surface area contributed by atoms with Crippen LogP contribution in [0.25, 0.3) is 0 Å². The van der Waals surface area contributed by atoms with Crippen molar-refractivity contribution in [3.05, 3.63) is 0 Å². The maximum atomic E-state index is 10.7. The number of imide groups is 1. The van der Waals surface area contributed by atoms with Crippen LogP contribution in [0.5, 0.6) is 0 Å². The Balaban J connectivity index is 0. The Hall–Kier alpha value is 0.0100. The summed E-state index contributed by atoms with van der Waals surface area (Å²) in [7, 11) is -4.59. The van der Waals surface area contributed by atoms with Gasteiger partial charge in [0, 0.05) is 0 Å². The van der Waals surface area contributed by atoms with Gasteiger partial charge in [0.25, 0.3) is 21.9 Å². The molecule has 1 atom stereocenters. The number of hydroxylamine groups is 2. The Morgan fingerprint density at radius 1 is 1.46 bits per heavy atom. The zero-order valence-electron chi connectivity index (χ0n) is 7.67. The normalized spacial score (nSPS) is 23.2. The quantitative estimate of drug-likeness (QED) is 0.199. The SMILES string of the molecule is O=C1CC(S(=O)(=O)O)C(=O)N1O.[H-].[Na+]. The Morgan fingerprint density at radius 3 is 2.08 bits per heavy atom. The molecule has 0 spiro atoms. The summed E-state index contributed by atoms with van der Waals surface area (Å²) in [4.78, 5) is 21.2. The molecule has 1 rings (SSSR count). The van der Waals surface area contributed by atoms with Gasteiger partial charge in [-0.3, -0.25) is 19.3 Å². The van der Waals surface area contributed by atoms with Gasteiger partial charge in [-0.2, -0.15) is 13.5 Å². The number of nitrogens with zero attached hydrogens (tertiary/aromatic N) is 1. The van der Waals surface area contributed by atoms with Gasteiger partial charge in [0.1, 0.15) is 0 Å². The minimum absolute atomic E-state index is 0. The first kappa shape index (κ1) is 13.0. The predicted octanol–water partition coefficient (Wildman–Crippen LogP) is -4.49. The molecular weight excluding hydrogens is 213 g/mol. The van der Waals surface area contributed by atoms with Crippen molar-refractivity contribution >= 4 is 21.9 Å². The van der Waals surface area contributed by atoms with Crippen molar-refractivity contribution < 1.29 is 58.8 Å². The average molecular weight is 219 g/mol. The molecule has 2 amide bonds. The summed E-state index contributed by atoms with van der Waals surface area (Å²) in [6.45, 7) is 0. The molecule has 9 heteroatoms. The molecule has 1 aliphatic heterocycles. The van der Waals surface area contributed by atoms with Gasteiger partial charge in [-0.1, -0.05) is 0 Å². The van der Waals surface area contributed by atoms with Crippen LogP contribution >= 0.6 is 0 Å². The molecule has 70 valence electrons. The molecule has 2 N–H and O–H groups in total. The average Bonchev–Trinajstić information content (AvgIpc) is 2.15. The van der Waals surface area contributed by atoms with E-state index in [-0.39, 0.29) is 36.0 Å². The van der Waals surface area contributed by atoms with Crippen molar-refractivity contribution in [2.75, 3.05) is 0 Å². The second-order valence-corrected chi connectivity index (χ2v) is 3.85. The van der Waals surface area contributed by atoms with Crippen LogP contribution in [-0.2, 0) is 19.7 Å². The Labute approximate surface area is 97.2 Å². The van der Waals surface area contributed by atoms with E-state index in [9.17, 15) is 18.0 Å². The molecule has 0 aromatic carbocycles. The van der Waals surface area contributed by atoms with E-state index in [0.717, 1.165) is 0 Å². The monoisotopic (exact) mass is 219 g/mol. The molecular formula is C4H6NNaO6S. The summed E-state index contributed by atoms with van der Waals surface area (Å²) in [5, 5.41) is 6.40. The van der Waals surface area contributed by atoms with Crippen LogP contribution in [0.2, 0.25) is 0 Å². The van der Waals surface area contributed by atoms with E-state index < -0.39 is 33.6 Å². The van der Waals surface area contributed by atoms with Gasteiger partial charge in [0.2, 0.25) is 0 Å². The third-order valence-corrected chi connectivity index (χ3v) is 2.53. The topological polar surface area (TPSA) is 112 Å². The van der Waals surface area contributed by atoms with Crippen molar-refractivity contribution in [2.45, 2.75) is 11.7 Å². The summed E-state index contributed by atoms with van der Waals surface area (Å²) in [6.07, 6.45) is -0.714. The number of hydrogen-bond acceptors (Lipinski definition) is 5. The Bertz CT molecular complexity index is 342. The third kappa shape index (κ3) is 2.48. The molecule has 0 aliphatic carbocycles. The number of rotatable bonds is 1. The van der Waals surface area contributed by atoms with Crippen LogP contribution in [0, 0.1) is 0 Å². The van der Waals surface area contributed by atoms with Crippen LogP contribution in [-0.4, -0.2) is 40.3 Å². The molecule has 0 saturated carbocycles. The largest absolute Gasteiger partial charge is 1.00 e. The van der Waals surface area contributed by atoms with Crippen molar-refractivity contribution in [3.8, 4) is 0 Å². The first-order valence-electron chi connectivity index (χ1n) is 2.86. The van der Waals surface area contributed by atoms with Crippen LogP contribution in [0.3, 0.4) is 0 Å². The van der Waals surface area contributed by atoms with Crippen LogP contribution in [0.4, 0.5) is 0 Å². The van der Waals surface area contributed by atoms with Gasteiger partial charge in [0.15, 0.2) is 5.25 Å². The van der Waals surface area contributed by atoms with E-state index in [0.29, 0.717) is 0 Å². The molecule has 1 fully saturated rings. The van der Waals surface area contributed by atoms with E-state index in [4.69, 9.17) is 9.76 Å². The number of amides is 2. The molecule has 0 aromatic rings. The van der Waals surface area contributed by atoms with E-state index in [1.54, 1.807) is 0 Å². The maximum absolute atomic E-state index is 10.7. The maximum Gasteiger partial charge on any atom is 1.00 e. The minimum Gasteiger partial charge on any atom is -1.00 e. The fourth-order valence-electron chi connectivity index (χ4n) is 0.824. The molecule has 7 nitrogen and oxygen atoms in total. The summed E-state index contributed by atoms with van der Waals surface area (Å²) < 4.78 is 29.1. The number of carbonyl (C=O) groups excluding carboxylic acids is 2. The van der Waals surface area contributed by atoms with Gasteiger partial charge >= 0.3 is 29.6 Å². The van der Waals surface area contributed by atoms with E-state index in [1.165, 1.54) is 0 Å².